The number of phenolic OH excluding ortho intramolecular Hbond substituents is 1. The quantitative estimate of drug-likeness (QED) is 0.431. The summed E-state index contributed by atoms with van der Waals surface area (Å²) in [6, 6.07) is 12.1. The van der Waals surface area contributed by atoms with E-state index in [0.717, 1.165) is 17.0 Å². The number of rotatable bonds is 4. The van der Waals surface area contributed by atoms with Crippen molar-refractivity contribution < 1.29 is 10.0 Å². The van der Waals surface area contributed by atoms with Crippen LogP contribution in [0.3, 0.4) is 0 Å². The Hall–Kier alpha value is -2.60. The first kappa shape index (κ1) is 13.4. The van der Waals surface area contributed by atoms with E-state index in [1.54, 1.807) is 11.3 Å². The van der Waals surface area contributed by atoms with Gasteiger partial charge in [-0.1, -0.05) is 18.2 Å². The van der Waals surface area contributed by atoms with Crippen molar-refractivity contribution in [3.63, 3.8) is 0 Å². The molecule has 1 heterocycles. The van der Waals surface area contributed by atoms with Gasteiger partial charge >= 0.3 is 0 Å². The Morgan fingerprint density at radius 3 is 2.86 bits per heavy atom. The van der Waals surface area contributed by atoms with Crippen LogP contribution in [0, 0.1) is 10.1 Å². The average Bonchev–Trinajstić information content (AvgIpc) is 2.89. The fraction of sp³-hybridized carbons (Fsp3) is 0.0667. The van der Waals surface area contributed by atoms with Crippen LogP contribution in [-0.2, 0) is 6.54 Å². The van der Waals surface area contributed by atoms with Gasteiger partial charge in [0.25, 0.3) is 5.69 Å². The van der Waals surface area contributed by atoms with Gasteiger partial charge in [-0.05, 0) is 34.5 Å². The van der Waals surface area contributed by atoms with Crippen molar-refractivity contribution in [2.45, 2.75) is 6.54 Å². The van der Waals surface area contributed by atoms with E-state index in [-0.39, 0.29) is 11.4 Å². The number of nitrogens with zero attached hydrogens (tertiary/aromatic N) is 1. The van der Waals surface area contributed by atoms with Crippen molar-refractivity contribution >= 4 is 32.8 Å². The van der Waals surface area contributed by atoms with E-state index in [0.29, 0.717) is 12.2 Å². The molecule has 0 unspecified atom stereocenters. The predicted molar refractivity (Wildman–Crippen MR) is 83.9 cm³/mol. The molecule has 0 aliphatic carbocycles. The van der Waals surface area contributed by atoms with Crippen molar-refractivity contribution in [1.82, 2.24) is 0 Å². The second-order valence-corrected chi connectivity index (χ2v) is 5.48. The third-order valence-electron chi connectivity index (χ3n) is 3.21. The lowest BCUT2D eigenvalue weighted by Gasteiger charge is -2.07. The first-order valence-electron chi connectivity index (χ1n) is 6.31. The van der Waals surface area contributed by atoms with E-state index in [4.69, 9.17) is 0 Å². The SMILES string of the molecule is O=[N+]([O-])c1cc(O)ccc1NCc1csc2ccccc12. The number of nitrogens with one attached hydrogen (secondary N) is 1. The molecule has 3 aromatic rings. The van der Waals surface area contributed by atoms with Gasteiger partial charge in [0.15, 0.2) is 0 Å². The van der Waals surface area contributed by atoms with Gasteiger partial charge in [-0.2, -0.15) is 0 Å². The molecular formula is C15H12N2O3S. The highest BCUT2D eigenvalue weighted by Gasteiger charge is 2.14. The Labute approximate surface area is 124 Å². The monoisotopic (exact) mass is 300 g/mol. The molecule has 0 spiro atoms. The van der Waals surface area contributed by atoms with E-state index < -0.39 is 4.92 Å². The third kappa shape index (κ3) is 2.66. The van der Waals surface area contributed by atoms with Crippen LogP contribution in [0.4, 0.5) is 11.4 Å². The summed E-state index contributed by atoms with van der Waals surface area (Å²) in [4.78, 5) is 10.5. The molecule has 2 N–H and O–H groups in total. The second-order valence-electron chi connectivity index (χ2n) is 4.57. The number of anilines is 1. The topological polar surface area (TPSA) is 75.4 Å². The minimum atomic E-state index is -0.506. The normalized spacial score (nSPS) is 10.7. The fourth-order valence-corrected chi connectivity index (χ4v) is 3.14. The van der Waals surface area contributed by atoms with Gasteiger partial charge < -0.3 is 10.4 Å². The summed E-state index contributed by atoms with van der Waals surface area (Å²) >= 11 is 1.65. The van der Waals surface area contributed by atoms with Crippen molar-refractivity contribution in [3.8, 4) is 5.75 Å². The van der Waals surface area contributed by atoms with Gasteiger partial charge in [-0.3, -0.25) is 10.1 Å². The molecule has 2 aromatic carbocycles. The van der Waals surface area contributed by atoms with Gasteiger partial charge in [0, 0.05) is 11.2 Å². The summed E-state index contributed by atoms with van der Waals surface area (Å²) in [5.74, 6) is -0.117. The zero-order valence-electron chi connectivity index (χ0n) is 10.9. The molecular weight excluding hydrogens is 288 g/mol. The number of nitro benzene ring substituents is 1. The largest absolute Gasteiger partial charge is 0.508 e. The summed E-state index contributed by atoms with van der Waals surface area (Å²) in [6.45, 7) is 0.496. The maximum atomic E-state index is 11.0. The molecule has 0 aliphatic rings. The molecule has 6 heteroatoms. The molecule has 0 aliphatic heterocycles. The van der Waals surface area contributed by atoms with Crippen LogP contribution in [-0.4, -0.2) is 10.0 Å². The minimum Gasteiger partial charge on any atom is -0.508 e. The molecule has 5 nitrogen and oxygen atoms in total. The predicted octanol–water partition coefficient (Wildman–Crippen LogP) is 4.13. The van der Waals surface area contributed by atoms with E-state index in [2.05, 4.69) is 5.32 Å². The Morgan fingerprint density at radius 2 is 2.05 bits per heavy atom. The highest BCUT2D eigenvalue weighted by atomic mass is 32.1. The highest BCUT2D eigenvalue weighted by molar-refractivity contribution is 7.17. The Bertz CT molecular complexity index is 814. The Morgan fingerprint density at radius 1 is 1.24 bits per heavy atom. The van der Waals surface area contributed by atoms with Gasteiger partial charge in [0.2, 0.25) is 0 Å². The summed E-state index contributed by atoms with van der Waals surface area (Å²) < 4.78 is 1.19. The summed E-state index contributed by atoms with van der Waals surface area (Å²) in [6.07, 6.45) is 0. The van der Waals surface area contributed by atoms with E-state index >= 15 is 0 Å². The van der Waals surface area contributed by atoms with Crippen molar-refractivity contribution in [2.24, 2.45) is 0 Å². The lowest BCUT2D eigenvalue weighted by molar-refractivity contribution is -0.384. The molecule has 0 atom stereocenters. The first-order chi connectivity index (χ1) is 10.1. The zero-order valence-corrected chi connectivity index (χ0v) is 11.8. The van der Waals surface area contributed by atoms with Crippen LogP contribution < -0.4 is 5.32 Å². The van der Waals surface area contributed by atoms with Gasteiger partial charge in [-0.15, -0.1) is 11.3 Å². The highest BCUT2D eigenvalue weighted by Crippen LogP contribution is 2.30. The second kappa shape index (κ2) is 5.41. The summed E-state index contributed by atoms with van der Waals surface area (Å²) in [5, 5.41) is 26.6. The van der Waals surface area contributed by atoms with Gasteiger partial charge in [0.05, 0.1) is 11.0 Å². The lowest BCUT2D eigenvalue weighted by Crippen LogP contribution is -2.02. The van der Waals surface area contributed by atoms with Crippen LogP contribution in [0.1, 0.15) is 5.56 Å². The number of thiophene rings is 1. The smallest absolute Gasteiger partial charge is 0.296 e. The molecule has 0 saturated heterocycles. The number of nitro groups is 1. The van der Waals surface area contributed by atoms with Crippen molar-refractivity contribution in [2.75, 3.05) is 5.32 Å². The Balaban J connectivity index is 1.87. The van der Waals surface area contributed by atoms with E-state index in [1.165, 1.54) is 16.8 Å². The number of fused-ring (bicyclic) bond motifs is 1. The number of benzene rings is 2. The van der Waals surface area contributed by atoms with Crippen LogP contribution in [0.25, 0.3) is 10.1 Å². The molecule has 21 heavy (non-hydrogen) atoms. The van der Waals surface area contributed by atoms with Gasteiger partial charge in [0.1, 0.15) is 11.4 Å². The molecule has 106 valence electrons. The summed E-state index contributed by atoms with van der Waals surface area (Å²) in [5.41, 5.74) is 1.36. The molecule has 0 radical (unpaired) electrons. The van der Waals surface area contributed by atoms with Crippen molar-refractivity contribution in [1.29, 1.82) is 0 Å². The van der Waals surface area contributed by atoms with E-state index in [9.17, 15) is 15.2 Å². The van der Waals surface area contributed by atoms with Gasteiger partial charge in [-0.25, -0.2) is 0 Å². The summed E-state index contributed by atoms with van der Waals surface area (Å²) in [7, 11) is 0. The van der Waals surface area contributed by atoms with Crippen LogP contribution in [0.15, 0.2) is 47.8 Å². The molecule has 0 saturated carbocycles. The maximum absolute atomic E-state index is 11.0. The molecule has 0 bridgehead atoms. The Kier molecular flexibility index (Phi) is 3.45. The van der Waals surface area contributed by atoms with E-state index in [1.807, 2.05) is 29.6 Å². The lowest BCUT2D eigenvalue weighted by atomic mass is 10.1. The number of phenols is 1. The molecule has 0 fully saturated rings. The molecule has 3 rings (SSSR count). The van der Waals surface area contributed by atoms with Crippen LogP contribution in [0.5, 0.6) is 5.75 Å². The fourth-order valence-electron chi connectivity index (χ4n) is 2.18. The van der Waals surface area contributed by atoms with Crippen LogP contribution >= 0.6 is 11.3 Å². The first-order valence-corrected chi connectivity index (χ1v) is 7.19. The third-order valence-corrected chi connectivity index (χ3v) is 4.22. The molecule has 0 amide bonds. The maximum Gasteiger partial charge on any atom is 0.296 e. The number of hydrogen-bond donors (Lipinski definition) is 2. The number of aromatic hydroxyl groups is 1. The average molecular weight is 300 g/mol. The number of hydrogen-bond acceptors (Lipinski definition) is 5. The zero-order chi connectivity index (χ0) is 14.8. The molecule has 1 aromatic heterocycles. The minimum absolute atomic E-state index is 0.117. The van der Waals surface area contributed by atoms with Crippen molar-refractivity contribution in [3.05, 3.63) is 63.5 Å². The standard InChI is InChI=1S/C15H12N2O3S/c18-11-5-6-13(14(7-11)17(19)20)16-8-10-9-21-15-4-2-1-3-12(10)15/h1-7,9,16,18H,8H2. The van der Waals surface area contributed by atoms with Crippen LogP contribution in [0.2, 0.25) is 0 Å².